The zero-order valence-corrected chi connectivity index (χ0v) is 13.1. The van der Waals surface area contributed by atoms with Gasteiger partial charge in [-0.1, -0.05) is 5.16 Å². The molecule has 0 aliphatic carbocycles. The molecule has 2 aromatic rings. The predicted octanol–water partition coefficient (Wildman–Crippen LogP) is 1.58. The van der Waals surface area contributed by atoms with Gasteiger partial charge in [-0.2, -0.15) is 16.3 Å². The molecule has 2 aromatic heterocycles. The fourth-order valence-electron chi connectivity index (χ4n) is 2.15. The normalized spacial score (nSPS) is 14.8. The zero-order valence-electron chi connectivity index (χ0n) is 11.4. The molecule has 1 aliphatic heterocycles. The second-order valence-electron chi connectivity index (χ2n) is 4.65. The molecule has 0 radical (unpaired) electrons. The lowest BCUT2D eigenvalue weighted by Gasteiger charge is -2.27. The van der Waals surface area contributed by atoms with Gasteiger partial charge in [0.05, 0.1) is 0 Å². The van der Waals surface area contributed by atoms with Crippen LogP contribution < -0.4 is 5.32 Å². The highest BCUT2D eigenvalue weighted by atomic mass is 35.5. The van der Waals surface area contributed by atoms with E-state index >= 15 is 0 Å². The number of carbonyl (C=O) groups is 1. The van der Waals surface area contributed by atoms with E-state index in [0.29, 0.717) is 24.6 Å². The minimum absolute atomic E-state index is 0. The summed E-state index contributed by atoms with van der Waals surface area (Å²) in [5.74, 6) is 1.27. The molecule has 0 atom stereocenters. The smallest absolute Gasteiger partial charge is 0.227 e. The van der Waals surface area contributed by atoms with E-state index in [1.54, 1.807) is 11.3 Å². The molecule has 0 bridgehead atoms. The molecule has 1 fully saturated rings. The van der Waals surface area contributed by atoms with Crippen molar-refractivity contribution in [3.8, 4) is 11.4 Å². The molecule has 1 saturated heterocycles. The van der Waals surface area contributed by atoms with Gasteiger partial charge in [0, 0.05) is 50.0 Å². The Morgan fingerprint density at radius 2 is 2.24 bits per heavy atom. The standard InChI is InChI=1S/C13H16N4O2S.ClH/c18-12(17-6-4-14-5-7-17)2-1-11-15-13(16-19-11)10-3-8-20-9-10;/h3,8-9,14H,1-2,4-7H2;1H. The van der Waals surface area contributed by atoms with Gasteiger partial charge in [0.2, 0.25) is 17.6 Å². The largest absolute Gasteiger partial charge is 0.340 e. The number of hydrogen-bond acceptors (Lipinski definition) is 6. The lowest BCUT2D eigenvalue weighted by molar-refractivity contribution is -0.131. The average molecular weight is 329 g/mol. The molecule has 0 aromatic carbocycles. The average Bonchev–Trinajstić information content (AvgIpc) is 3.16. The summed E-state index contributed by atoms with van der Waals surface area (Å²) in [6.07, 6.45) is 0.922. The van der Waals surface area contributed by atoms with E-state index < -0.39 is 0 Å². The summed E-state index contributed by atoms with van der Waals surface area (Å²) in [6, 6.07) is 1.95. The maximum atomic E-state index is 12.0. The van der Waals surface area contributed by atoms with Gasteiger partial charge in [-0.05, 0) is 11.4 Å². The fraction of sp³-hybridized carbons (Fsp3) is 0.462. The molecular weight excluding hydrogens is 312 g/mol. The van der Waals surface area contributed by atoms with Crippen molar-refractivity contribution in [3.05, 3.63) is 22.7 Å². The molecular formula is C13H17ClN4O2S. The highest BCUT2D eigenvalue weighted by molar-refractivity contribution is 7.08. The van der Waals surface area contributed by atoms with Crippen LogP contribution in [0.2, 0.25) is 0 Å². The number of amides is 1. The van der Waals surface area contributed by atoms with Crippen LogP contribution in [0.25, 0.3) is 11.4 Å². The minimum atomic E-state index is 0. The van der Waals surface area contributed by atoms with E-state index in [2.05, 4.69) is 15.5 Å². The highest BCUT2D eigenvalue weighted by Crippen LogP contribution is 2.19. The zero-order chi connectivity index (χ0) is 13.8. The van der Waals surface area contributed by atoms with Crippen LogP contribution in [-0.2, 0) is 11.2 Å². The van der Waals surface area contributed by atoms with Crippen LogP contribution in [0.5, 0.6) is 0 Å². The molecule has 1 aliphatic rings. The van der Waals surface area contributed by atoms with Crippen LogP contribution in [0.1, 0.15) is 12.3 Å². The summed E-state index contributed by atoms with van der Waals surface area (Å²) in [5, 5.41) is 11.1. The van der Waals surface area contributed by atoms with Crippen molar-refractivity contribution >= 4 is 29.7 Å². The minimum Gasteiger partial charge on any atom is -0.340 e. The predicted molar refractivity (Wildman–Crippen MR) is 82.6 cm³/mol. The summed E-state index contributed by atoms with van der Waals surface area (Å²) >= 11 is 1.59. The van der Waals surface area contributed by atoms with Crippen LogP contribution in [0.15, 0.2) is 21.3 Å². The number of halogens is 1. The Kier molecular flexibility index (Phi) is 5.72. The number of aromatic nitrogens is 2. The lowest BCUT2D eigenvalue weighted by Crippen LogP contribution is -2.46. The Hall–Kier alpha value is -1.44. The molecule has 3 heterocycles. The Morgan fingerprint density at radius 3 is 2.95 bits per heavy atom. The van der Waals surface area contributed by atoms with E-state index in [1.807, 2.05) is 21.7 Å². The number of thiophene rings is 1. The number of carbonyl (C=O) groups excluding carboxylic acids is 1. The number of aryl methyl sites for hydroxylation is 1. The first kappa shape index (κ1) is 15.9. The van der Waals surface area contributed by atoms with Crippen molar-refractivity contribution in [2.75, 3.05) is 26.2 Å². The summed E-state index contributed by atoms with van der Waals surface area (Å²) in [5.41, 5.74) is 0.957. The Morgan fingerprint density at radius 1 is 1.43 bits per heavy atom. The van der Waals surface area contributed by atoms with Crippen molar-refractivity contribution < 1.29 is 9.32 Å². The summed E-state index contributed by atoms with van der Waals surface area (Å²) in [4.78, 5) is 18.2. The van der Waals surface area contributed by atoms with Gasteiger partial charge < -0.3 is 14.7 Å². The quantitative estimate of drug-likeness (QED) is 0.922. The highest BCUT2D eigenvalue weighted by Gasteiger charge is 2.17. The van der Waals surface area contributed by atoms with Crippen molar-refractivity contribution in [1.29, 1.82) is 0 Å². The van der Waals surface area contributed by atoms with E-state index in [9.17, 15) is 4.79 Å². The monoisotopic (exact) mass is 328 g/mol. The Bertz CT molecular complexity index is 566. The van der Waals surface area contributed by atoms with E-state index in [-0.39, 0.29) is 18.3 Å². The number of nitrogens with one attached hydrogen (secondary N) is 1. The molecule has 0 saturated carbocycles. The topological polar surface area (TPSA) is 71.3 Å². The molecule has 0 unspecified atom stereocenters. The molecule has 1 N–H and O–H groups in total. The molecule has 114 valence electrons. The Balaban J connectivity index is 0.00000161. The first-order valence-electron chi connectivity index (χ1n) is 6.66. The third-order valence-electron chi connectivity index (χ3n) is 3.27. The number of hydrogen-bond donors (Lipinski definition) is 1. The molecule has 3 rings (SSSR count). The van der Waals surface area contributed by atoms with E-state index in [4.69, 9.17) is 4.52 Å². The van der Waals surface area contributed by atoms with Gasteiger partial charge in [-0.3, -0.25) is 4.79 Å². The summed E-state index contributed by atoms with van der Waals surface area (Å²) in [7, 11) is 0. The number of piperazine rings is 1. The fourth-order valence-corrected chi connectivity index (χ4v) is 2.79. The second kappa shape index (κ2) is 7.53. The summed E-state index contributed by atoms with van der Waals surface area (Å²) < 4.78 is 5.19. The maximum absolute atomic E-state index is 12.0. The van der Waals surface area contributed by atoms with Crippen molar-refractivity contribution in [1.82, 2.24) is 20.4 Å². The van der Waals surface area contributed by atoms with Gasteiger partial charge in [-0.15, -0.1) is 12.4 Å². The van der Waals surface area contributed by atoms with Crippen molar-refractivity contribution in [3.63, 3.8) is 0 Å². The Labute approximate surface area is 132 Å². The number of nitrogens with zero attached hydrogens (tertiary/aromatic N) is 3. The molecule has 6 nitrogen and oxygen atoms in total. The van der Waals surface area contributed by atoms with Gasteiger partial charge in [0.25, 0.3) is 0 Å². The lowest BCUT2D eigenvalue weighted by atomic mass is 10.2. The summed E-state index contributed by atoms with van der Waals surface area (Å²) in [6.45, 7) is 3.30. The van der Waals surface area contributed by atoms with Gasteiger partial charge in [-0.25, -0.2) is 0 Å². The van der Waals surface area contributed by atoms with Crippen LogP contribution >= 0.6 is 23.7 Å². The van der Waals surface area contributed by atoms with Crippen LogP contribution in [0, 0.1) is 0 Å². The third-order valence-corrected chi connectivity index (χ3v) is 3.95. The van der Waals surface area contributed by atoms with Crippen LogP contribution in [0.3, 0.4) is 0 Å². The maximum Gasteiger partial charge on any atom is 0.227 e. The molecule has 1 amide bonds. The third kappa shape index (κ3) is 4.03. The number of rotatable bonds is 4. The van der Waals surface area contributed by atoms with Gasteiger partial charge >= 0.3 is 0 Å². The van der Waals surface area contributed by atoms with Crippen molar-refractivity contribution in [2.45, 2.75) is 12.8 Å². The first-order chi connectivity index (χ1) is 9.83. The van der Waals surface area contributed by atoms with Gasteiger partial charge in [0.15, 0.2) is 0 Å². The van der Waals surface area contributed by atoms with Crippen LogP contribution in [-0.4, -0.2) is 47.1 Å². The first-order valence-corrected chi connectivity index (χ1v) is 7.61. The van der Waals surface area contributed by atoms with E-state index in [1.165, 1.54) is 0 Å². The van der Waals surface area contributed by atoms with E-state index in [0.717, 1.165) is 31.7 Å². The molecule has 21 heavy (non-hydrogen) atoms. The SMILES string of the molecule is Cl.O=C(CCc1nc(-c2ccsc2)no1)N1CCNCC1. The second-order valence-corrected chi connectivity index (χ2v) is 5.43. The molecule has 0 spiro atoms. The van der Waals surface area contributed by atoms with Crippen LogP contribution in [0.4, 0.5) is 0 Å². The molecule has 8 heteroatoms. The van der Waals surface area contributed by atoms with Gasteiger partial charge in [0.1, 0.15) is 0 Å². The van der Waals surface area contributed by atoms with Crippen molar-refractivity contribution in [2.24, 2.45) is 0 Å².